The van der Waals surface area contributed by atoms with Crippen molar-refractivity contribution in [3.63, 3.8) is 0 Å². The van der Waals surface area contributed by atoms with Crippen LogP contribution in [0, 0.1) is 18.8 Å². The lowest BCUT2D eigenvalue weighted by Crippen LogP contribution is -2.34. The number of phenolic OH excluding ortho intramolecular Hbond substituents is 1. The fourth-order valence-corrected chi connectivity index (χ4v) is 7.07. The largest absolute Gasteiger partial charge is 0.507 e. The molecule has 3 aromatic carbocycles. The molecular weight excluding hydrogens is 680 g/mol. The summed E-state index contributed by atoms with van der Waals surface area (Å²) in [5.74, 6) is -2.48. The molecule has 2 heterocycles. The number of carbonyl (C=O) groups is 4. The van der Waals surface area contributed by atoms with Gasteiger partial charge in [0, 0.05) is 20.6 Å². The van der Waals surface area contributed by atoms with Crippen molar-refractivity contribution in [2.75, 3.05) is 11.5 Å². The monoisotopic (exact) mass is 704 g/mol. The van der Waals surface area contributed by atoms with Crippen LogP contribution in [0.2, 0.25) is 0 Å². The molecule has 4 unspecified atom stereocenters. The van der Waals surface area contributed by atoms with Crippen LogP contribution in [0.1, 0.15) is 39.1 Å². The summed E-state index contributed by atoms with van der Waals surface area (Å²) in [6.07, 6.45) is 1.19. The molecule has 2 aliphatic rings. The number of phenols is 1. The van der Waals surface area contributed by atoms with Crippen LogP contribution in [0.3, 0.4) is 0 Å². The van der Waals surface area contributed by atoms with Crippen molar-refractivity contribution in [1.29, 1.82) is 0 Å². The number of hydrogen-bond donors (Lipinski definition) is 1. The van der Waals surface area contributed by atoms with E-state index in [-0.39, 0.29) is 50.2 Å². The van der Waals surface area contributed by atoms with Gasteiger partial charge in [0.15, 0.2) is 6.61 Å². The number of nitrogens with zero attached hydrogens (tertiary/aromatic N) is 2. The highest BCUT2D eigenvalue weighted by molar-refractivity contribution is 9.12. The minimum atomic E-state index is -0.703. The van der Waals surface area contributed by atoms with Gasteiger partial charge < -0.3 is 9.84 Å². The molecule has 1 N–H and O–H groups in total. The second-order valence-corrected chi connectivity index (χ2v) is 13.2. The van der Waals surface area contributed by atoms with E-state index in [2.05, 4.69) is 31.9 Å². The van der Waals surface area contributed by atoms with E-state index in [9.17, 15) is 24.3 Å². The predicted molar refractivity (Wildman–Crippen MR) is 169 cm³/mol. The Hall–Kier alpha value is -3.89. The molecule has 4 aromatic rings. The first-order valence-electron chi connectivity index (χ1n) is 13.8. The maximum Gasteiger partial charge on any atom is 0.339 e. The van der Waals surface area contributed by atoms with Crippen LogP contribution >= 0.6 is 31.9 Å². The summed E-state index contributed by atoms with van der Waals surface area (Å²) in [5, 5.41) is 10.6. The number of benzene rings is 3. The number of Topliss-reactive ketones (excluding diaryl/α,β-unsaturated/α-hetero) is 1. The summed E-state index contributed by atoms with van der Waals surface area (Å²) in [5.41, 5.74) is 3.41. The van der Waals surface area contributed by atoms with Gasteiger partial charge in [-0.15, -0.1) is 0 Å². The fourth-order valence-electron chi connectivity index (χ4n) is 5.84. The van der Waals surface area contributed by atoms with Gasteiger partial charge in [0.25, 0.3) is 0 Å². The highest BCUT2D eigenvalue weighted by Crippen LogP contribution is 2.44. The molecule has 1 saturated carbocycles. The van der Waals surface area contributed by atoms with Crippen LogP contribution in [0.5, 0.6) is 5.75 Å². The summed E-state index contributed by atoms with van der Waals surface area (Å²) >= 11 is 7.24. The number of ketones is 1. The molecule has 1 aliphatic heterocycles. The topological polar surface area (TPSA) is 114 Å². The normalized spacial score (nSPS) is 21.6. The average molecular weight is 706 g/mol. The number of imide groups is 1. The van der Waals surface area contributed by atoms with E-state index < -0.39 is 18.4 Å². The van der Waals surface area contributed by atoms with Gasteiger partial charge in [-0.25, -0.2) is 9.78 Å². The zero-order valence-corrected chi connectivity index (χ0v) is 26.2. The summed E-state index contributed by atoms with van der Waals surface area (Å²) in [4.78, 5) is 58.7. The quantitative estimate of drug-likeness (QED) is 0.107. The van der Waals surface area contributed by atoms with E-state index in [4.69, 9.17) is 9.72 Å². The third-order valence-electron chi connectivity index (χ3n) is 8.13. The molecule has 4 atom stereocenters. The predicted octanol–water partition coefficient (Wildman–Crippen LogP) is 6.38. The van der Waals surface area contributed by atoms with Gasteiger partial charge in [-0.2, -0.15) is 0 Å². The van der Waals surface area contributed by atoms with Crippen molar-refractivity contribution in [3.05, 3.63) is 89.5 Å². The lowest BCUT2D eigenvalue weighted by atomic mass is 9.81. The highest BCUT2D eigenvalue weighted by Gasteiger charge is 2.52. The Morgan fingerprint density at radius 1 is 0.907 bits per heavy atom. The van der Waals surface area contributed by atoms with Crippen LogP contribution < -0.4 is 4.90 Å². The summed E-state index contributed by atoms with van der Waals surface area (Å²) < 4.78 is 5.39. The number of para-hydroxylation sites is 2. The summed E-state index contributed by atoms with van der Waals surface area (Å²) in [6.45, 7) is 1.35. The van der Waals surface area contributed by atoms with Gasteiger partial charge in [0.2, 0.25) is 17.6 Å². The Morgan fingerprint density at radius 3 is 2.21 bits per heavy atom. The van der Waals surface area contributed by atoms with Crippen LogP contribution in [-0.4, -0.2) is 49.9 Å². The van der Waals surface area contributed by atoms with Crippen molar-refractivity contribution in [3.8, 4) is 17.0 Å². The lowest BCUT2D eigenvalue weighted by molar-refractivity contribution is -0.122. The SMILES string of the molecule is Cc1cccc2c(C(=O)OCC(=O)c3ccccc3O)cc(-c3ccc(N4C(=O)C5CC(Br)C(Br)CC5C4=O)cc3)nc12. The Bertz CT molecular complexity index is 1760. The lowest BCUT2D eigenvalue weighted by Gasteiger charge is -2.29. The second kappa shape index (κ2) is 11.7. The van der Waals surface area contributed by atoms with Gasteiger partial charge in [0.1, 0.15) is 5.75 Å². The van der Waals surface area contributed by atoms with E-state index in [1.807, 2.05) is 19.1 Å². The number of pyridine rings is 1. The zero-order chi connectivity index (χ0) is 30.4. The Balaban J connectivity index is 1.28. The number of alkyl halides is 2. The first kappa shape index (κ1) is 29.2. The first-order chi connectivity index (χ1) is 20.6. The van der Waals surface area contributed by atoms with Crippen molar-refractivity contribution in [2.45, 2.75) is 29.4 Å². The molecule has 0 bridgehead atoms. The molecule has 8 nitrogen and oxygen atoms in total. The van der Waals surface area contributed by atoms with Gasteiger partial charge in [-0.1, -0.05) is 74.3 Å². The van der Waals surface area contributed by atoms with E-state index in [1.54, 1.807) is 48.5 Å². The molecule has 1 saturated heterocycles. The van der Waals surface area contributed by atoms with Crippen LogP contribution in [0.25, 0.3) is 22.2 Å². The van der Waals surface area contributed by atoms with E-state index >= 15 is 0 Å². The van der Waals surface area contributed by atoms with Gasteiger partial charge in [0.05, 0.1) is 39.9 Å². The van der Waals surface area contributed by atoms with Gasteiger partial charge in [-0.05, 0) is 55.7 Å². The number of rotatable bonds is 6. The van der Waals surface area contributed by atoms with Crippen LogP contribution in [-0.2, 0) is 14.3 Å². The number of anilines is 1. The molecule has 0 spiro atoms. The molecule has 218 valence electrons. The third kappa shape index (κ3) is 5.38. The van der Waals surface area contributed by atoms with Crippen LogP contribution in [0.4, 0.5) is 5.69 Å². The Labute approximate surface area is 264 Å². The number of ether oxygens (including phenoxy) is 1. The van der Waals surface area contributed by atoms with Crippen molar-refractivity contribution in [1.82, 2.24) is 4.98 Å². The van der Waals surface area contributed by atoms with Crippen molar-refractivity contribution >= 4 is 72.0 Å². The number of esters is 1. The molecule has 10 heteroatoms. The van der Waals surface area contributed by atoms with Crippen molar-refractivity contribution < 1.29 is 29.0 Å². The molecule has 2 fully saturated rings. The molecule has 2 amide bonds. The van der Waals surface area contributed by atoms with Crippen molar-refractivity contribution in [2.24, 2.45) is 11.8 Å². The molecule has 1 aliphatic carbocycles. The smallest absolute Gasteiger partial charge is 0.339 e. The first-order valence-corrected chi connectivity index (χ1v) is 15.6. The third-order valence-corrected chi connectivity index (χ3v) is 10.9. The standard InChI is InChI=1S/C33H26Br2N2O6/c1-17-5-4-7-20-24(33(42)43-16-29(39)21-6-2-3-8-28(21)38)15-27(36-30(17)20)18-9-11-19(12-10-18)37-31(40)22-13-25(34)26(35)14-23(22)32(37)41/h2-12,15,22-23,25-26,38H,13-14,16H2,1H3. The molecule has 6 rings (SSSR count). The molecule has 0 radical (unpaired) electrons. The molecule has 1 aromatic heterocycles. The number of amides is 2. The minimum absolute atomic E-state index is 0.0692. The van der Waals surface area contributed by atoms with Gasteiger partial charge >= 0.3 is 5.97 Å². The Morgan fingerprint density at radius 2 is 1.56 bits per heavy atom. The number of halogens is 2. The maximum absolute atomic E-state index is 13.3. The number of aromatic hydroxyl groups is 1. The zero-order valence-electron chi connectivity index (χ0n) is 23.0. The Kier molecular flexibility index (Phi) is 7.91. The number of aryl methyl sites for hydroxylation is 1. The second-order valence-electron chi connectivity index (χ2n) is 10.8. The number of carbonyl (C=O) groups excluding carboxylic acids is 4. The number of aromatic nitrogens is 1. The fraction of sp³-hybridized carbons (Fsp3) is 0.242. The number of hydrogen-bond acceptors (Lipinski definition) is 7. The van der Waals surface area contributed by atoms with Crippen LogP contribution in [0.15, 0.2) is 72.8 Å². The summed E-state index contributed by atoms with van der Waals surface area (Å²) in [6, 6.07) is 20.1. The minimum Gasteiger partial charge on any atom is -0.507 e. The average Bonchev–Trinajstić information content (AvgIpc) is 3.24. The summed E-state index contributed by atoms with van der Waals surface area (Å²) in [7, 11) is 0. The van der Waals surface area contributed by atoms with E-state index in [1.165, 1.54) is 17.0 Å². The van der Waals surface area contributed by atoms with Gasteiger partial charge in [-0.3, -0.25) is 19.3 Å². The highest BCUT2D eigenvalue weighted by atomic mass is 79.9. The van der Waals surface area contributed by atoms with E-state index in [0.717, 1.165) is 5.56 Å². The maximum atomic E-state index is 13.3. The molecular formula is C33H26Br2N2O6. The number of fused-ring (bicyclic) bond motifs is 2. The molecule has 43 heavy (non-hydrogen) atoms. The van der Waals surface area contributed by atoms with E-state index in [0.29, 0.717) is 40.7 Å².